The van der Waals surface area contributed by atoms with Crippen LogP contribution in [0.1, 0.15) is 17.3 Å². The minimum Gasteiger partial charge on any atom is -0.497 e. The van der Waals surface area contributed by atoms with E-state index in [-0.39, 0.29) is 37.5 Å². The predicted octanol–water partition coefficient (Wildman–Crippen LogP) is 2.65. The average molecular weight is 446 g/mol. The van der Waals surface area contributed by atoms with Crippen molar-refractivity contribution in [3.63, 3.8) is 0 Å². The van der Waals surface area contributed by atoms with Crippen molar-refractivity contribution < 1.29 is 23.9 Å². The molecule has 3 amide bonds. The number of amides is 3. The van der Waals surface area contributed by atoms with Gasteiger partial charge < -0.3 is 19.3 Å². The van der Waals surface area contributed by atoms with Gasteiger partial charge in [-0.2, -0.15) is 0 Å². The van der Waals surface area contributed by atoms with E-state index in [4.69, 9.17) is 21.1 Å². The number of nitrogens with zero attached hydrogens (tertiary/aromatic N) is 3. The van der Waals surface area contributed by atoms with Crippen LogP contribution in [0.5, 0.6) is 11.5 Å². The molecule has 0 bridgehead atoms. The van der Waals surface area contributed by atoms with Crippen molar-refractivity contribution >= 4 is 35.0 Å². The van der Waals surface area contributed by atoms with Crippen LogP contribution in [0.15, 0.2) is 42.5 Å². The summed E-state index contributed by atoms with van der Waals surface area (Å²) < 4.78 is 10.5. The number of halogens is 1. The smallest absolute Gasteiger partial charge is 0.258 e. The Balaban J connectivity index is 1.70. The van der Waals surface area contributed by atoms with E-state index in [0.29, 0.717) is 34.3 Å². The minimum absolute atomic E-state index is 0.0426. The molecule has 0 N–H and O–H groups in total. The number of hydrogen-bond donors (Lipinski definition) is 0. The molecule has 0 saturated carbocycles. The normalized spacial score (nSPS) is 13.4. The standard InChI is InChI=1S/C22H24ClN3O5/c1-4-24(22(29)18-10-9-17(30-2)11-19(18)31-3)12-20(27)25-13-21(28)26(14-25)16-7-5-15(23)6-8-16/h5-11H,4,12-14H2,1-3H3. The molecule has 164 valence electrons. The van der Waals surface area contributed by atoms with Gasteiger partial charge in [0.1, 0.15) is 31.3 Å². The fourth-order valence-electron chi connectivity index (χ4n) is 3.30. The van der Waals surface area contributed by atoms with Gasteiger partial charge in [-0.1, -0.05) is 11.6 Å². The van der Waals surface area contributed by atoms with E-state index >= 15 is 0 Å². The van der Waals surface area contributed by atoms with Gasteiger partial charge in [0, 0.05) is 23.3 Å². The molecule has 1 saturated heterocycles. The van der Waals surface area contributed by atoms with Gasteiger partial charge >= 0.3 is 0 Å². The summed E-state index contributed by atoms with van der Waals surface area (Å²) in [7, 11) is 2.99. The summed E-state index contributed by atoms with van der Waals surface area (Å²) in [6.07, 6.45) is 0. The highest BCUT2D eigenvalue weighted by molar-refractivity contribution is 6.30. The summed E-state index contributed by atoms with van der Waals surface area (Å²) in [5.74, 6) is 0.0794. The molecule has 8 nitrogen and oxygen atoms in total. The number of hydrogen-bond acceptors (Lipinski definition) is 5. The van der Waals surface area contributed by atoms with Crippen molar-refractivity contribution in [1.82, 2.24) is 9.80 Å². The van der Waals surface area contributed by atoms with E-state index in [2.05, 4.69) is 0 Å². The second-order valence-corrected chi connectivity index (χ2v) is 7.35. The van der Waals surface area contributed by atoms with Gasteiger partial charge in [0.05, 0.1) is 19.8 Å². The third kappa shape index (κ3) is 4.91. The van der Waals surface area contributed by atoms with E-state index in [1.54, 1.807) is 49.4 Å². The van der Waals surface area contributed by atoms with Crippen LogP contribution >= 0.6 is 11.6 Å². The first-order valence-corrected chi connectivity index (χ1v) is 10.1. The third-order valence-electron chi connectivity index (χ3n) is 5.06. The Morgan fingerprint density at radius 1 is 1.10 bits per heavy atom. The summed E-state index contributed by atoms with van der Waals surface area (Å²) in [5, 5.41) is 0.564. The molecule has 0 spiro atoms. The number of carbonyl (C=O) groups excluding carboxylic acids is 3. The SMILES string of the molecule is CCN(CC(=O)N1CC(=O)N(c2ccc(Cl)cc2)C1)C(=O)c1ccc(OC)cc1OC. The maximum Gasteiger partial charge on any atom is 0.258 e. The number of ether oxygens (including phenoxy) is 2. The first-order valence-electron chi connectivity index (χ1n) is 9.73. The third-order valence-corrected chi connectivity index (χ3v) is 5.32. The molecule has 0 unspecified atom stereocenters. The number of rotatable bonds is 7. The monoisotopic (exact) mass is 445 g/mol. The second-order valence-electron chi connectivity index (χ2n) is 6.92. The Labute approximate surface area is 185 Å². The van der Waals surface area contributed by atoms with Crippen LogP contribution in [0.3, 0.4) is 0 Å². The van der Waals surface area contributed by atoms with E-state index in [1.165, 1.54) is 28.9 Å². The lowest BCUT2D eigenvalue weighted by molar-refractivity contribution is -0.132. The summed E-state index contributed by atoms with van der Waals surface area (Å²) in [4.78, 5) is 42.7. The first-order chi connectivity index (χ1) is 14.9. The lowest BCUT2D eigenvalue weighted by atomic mass is 10.1. The number of likely N-dealkylation sites (N-methyl/N-ethyl adjacent to an activating group) is 1. The van der Waals surface area contributed by atoms with Crippen molar-refractivity contribution in [1.29, 1.82) is 0 Å². The van der Waals surface area contributed by atoms with E-state index in [9.17, 15) is 14.4 Å². The predicted molar refractivity (Wildman–Crippen MR) is 117 cm³/mol. The molecule has 1 aliphatic heterocycles. The molecule has 1 fully saturated rings. The maximum atomic E-state index is 13.0. The molecular weight excluding hydrogens is 422 g/mol. The number of methoxy groups -OCH3 is 2. The number of anilines is 1. The van der Waals surface area contributed by atoms with Crippen molar-refractivity contribution in [3.05, 3.63) is 53.1 Å². The Morgan fingerprint density at radius 2 is 1.81 bits per heavy atom. The second kappa shape index (κ2) is 9.70. The van der Waals surface area contributed by atoms with Gasteiger partial charge in [-0.3, -0.25) is 19.3 Å². The molecule has 3 rings (SSSR count). The molecular formula is C22H24ClN3O5. The molecule has 31 heavy (non-hydrogen) atoms. The van der Waals surface area contributed by atoms with Gasteiger partial charge in [-0.05, 0) is 43.3 Å². The van der Waals surface area contributed by atoms with Crippen molar-refractivity contribution in [2.45, 2.75) is 6.92 Å². The van der Waals surface area contributed by atoms with Gasteiger partial charge in [-0.15, -0.1) is 0 Å². The molecule has 0 aliphatic carbocycles. The molecule has 2 aromatic rings. The quantitative estimate of drug-likeness (QED) is 0.654. The molecule has 1 aliphatic rings. The lowest BCUT2D eigenvalue weighted by Crippen LogP contribution is -2.42. The Kier molecular flexibility index (Phi) is 7.02. The number of carbonyl (C=O) groups is 3. The van der Waals surface area contributed by atoms with Crippen LogP contribution in [0.4, 0.5) is 5.69 Å². The molecule has 1 heterocycles. The maximum absolute atomic E-state index is 13.0. The molecule has 9 heteroatoms. The van der Waals surface area contributed by atoms with Gasteiger partial charge in [0.15, 0.2) is 0 Å². The van der Waals surface area contributed by atoms with E-state index in [0.717, 1.165) is 0 Å². The highest BCUT2D eigenvalue weighted by Crippen LogP contribution is 2.26. The van der Waals surface area contributed by atoms with Crippen LogP contribution in [0.2, 0.25) is 5.02 Å². The zero-order chi connectivity index (χ0) is 22.5. The van der Waals surface area contributed by atoms with Gasteiger partial charge in [0.2, 0.25) is 11.8 Å². The van der Waals surface area contributed by atoms with Crippen LogP contribution in [0.25, 0.3) is 0 Å². The van der Waals surface area contributed by atoms with Crippen molar-refractivity contribution in [2.75, 3.05) is 45.4 Å². The van der Waals surface area contributed by atoms with Gasteiger partial charge in [0.25, 0.3) is 5.91 Å². The molecule has 0 aromatic heterocycles. The highest BCUT2D eigenvalue weighted by Gasteiger charge is 2.33. The summed E-state index contributed by atoms with van der Waals surface area (Å²) in [6, 6.07) is 11.7. The Hall–Kier alpha value is -3.26. The summed E-state index contributed by atoms with van der Waals surface area (Å²) in [6.45, 7) is 2.04. The van der Waals surface area contributed by atoms with Crippen LogP contribution in [-0.4, -0.2) is 68.0 Å². The average Bonchev–Trinajstić information content (AvgIpc) is 3.18. The van der Waals surface area contributed by atoms with E-state index < -0.39 is 0 Å². The number of benzene rings is 2. The van der Waals surface area contributed by atoms with Crippen molar-refractivity contribution in [3.8, 4) is 11.5 Å². The topological polar surface area (TPSA) is 79.4 Å². The van der Waals surface area contributed by atoms with Crippen LogP contribution < -0.4 is 14.4 Å². The summed E-state index contributed by atoms with van der Waals surface area (Å²) in [5.41, 5.74) is 0.995. The fraction of sp³-hybridized carbons (Fsp3) is 0.318. The summed E-state index contributed by atoms with van der Waals surface area (Å²) >= 11 is 5.90. The Bertz CT molecular complexity index is 980. The molecule has 2 aromatic carbocycles. The molecule has 0 atom stereocenters. The zero-order valence-corrected chi connectivity index (χ0v) is 18.4. The first kappa shape index (κ1) is 22.4. The van der Waals surface area contributed by atoms with Gasteiger partial charge in [-0.25, -0.2) is 0 Å². The Morgan fingerprint density at radius 3 is 2.42 bits per heavy atom. The highest BCUT2D eigenvalue weighted by atomic mass is 35.5. The fourth-order valence-corrected chi connectivity index (χ4v) is 3.42. The minimum atomic E-state index is -0.338. The lowest BCUT2D eigenvalue weighted by Gasteiger charge is -2.24. The van der Waals surface area contributed by atoms with Crippen molar-refractivity contribution in [2.24, 2.45) is 0 Å². The largest absolute Gasteiger partial charge is 0.497 e. The molecule has 0 radical (unpaired) electrons. The van der Waals surface area contributed by atoms with Crippen LogP contribution in [0, 0.1) is 0 Å². The van der Waals surface area contributed by atoms with E-state index in [1.807, 2.05) is 0 Å². The van der Waals surface area contributed by atoms with Crippen LogP contribution in [-0.2, 0) is 9.59 Å². The zero-order valence-electron chi connectivity index (χ0n) is 17.6.